The van der Waals surface area contributed by atoms with Gasteiger partial charge in [-0.25, -0.2) is 0 Å². The number of hydrogen-bond donors (Lipinski definition) is 1. The summed E-state index contributed by atoms with van der Waals surface area (Å²) >= 11 is 0. The summed E-state index contributed by atoms with van der Waals surface area (Å²) in [6.07, 6.45) is 2.65. The summed E-state index contributed by atoms with van der Waals surface area (Å²) in [5, 5.41) is 2.88. The van der Waals surface area contributed by atoms with Crippen molar-refractivity contribution in [1.82, 2.24) is 15.1 Å². The average Bonchev–Trinajstić information content (AvgIpc) is 2.56. The van der Waals surface area contributed by atoms with Gasteiger partial charge in [0.05, 0.1) is 0 Å². The van der Waals surface area contributed by atoms with E-state index in [4.69, 9.17) is 0 Å². The summed E-state index contributed by atoms with van der Waals surface area (Å²) in [6.45, 7) is 9.76. The van der Waals surface area contributed by atoms with E-state index in [2.05, 4.69) is 24.2 Å². The molecule has 2 saturated heterocycles. The first-order chi connectivity index (χ1) is 9.81. The zero-order valence-electron chi connectivity index (χ0n) is 13.8. The second-order valence-electron chi connectivity index (χ2n) is 7.41. The molecule has 2 rings (SSSR count). The van der Waals surface area contributed by atoms with Crippen molar-refractivity contribution >= 4 is 11.8 Å². The lowest BCUT2D eigenvalue weighted by Crippen LogP contribution is -2.51. The molecule has 2 aliphatic heterocycles. The zero-order valence-corrected chi connectivity index (χ0v) is 13.8. The van der Waals surface area contributed by atoms with Gasteiger partial charge in [-0.3, -0.25) is 9.59 Å². The van der Waals surface area contributed by atoms with Crippen LogP contribution in [-0.4, -0.2) is 60.9 Å². The van der Waals surface area contributed by atoms with Gasteiger partial charge in [0.2, 0.25) is 11.8 Å². The van der Waals surface area contributed by atoms with Crippen molar-refractivity contribution in [2.75, 3.05) is 33.2 Å². The fourth-order valence-corrected chi connectivity index (χ4v) is 3.24. The maximum atomic E-state index is 12.7. The third kappa shape index (κ3) is 3.96. The standard InChI is InChI=1S/C16H29N3O2/c1-12(2)14-15(21)19(8-5-13(20)17-14)11-16(3)6-9-18(4)10-7-16/h12,14H,5-11H2,1-4H3,(H,17,20). The van der Waals surface area contributed by atoms with E-state index in [1.54, 1.807) is 0 Å². The Morgan fingerprint density at radius 2 is 1.86 bits per heavy atom. The third-order valence-electron chi connectivity index (χ3n) is 4.94. The molecule has 0 aromatic rings. The summed E-state index contributed by atoms with van der Waals surface area (Å²) in [5.41, 5.74) is 0.178. The van der Waals surface area contributed by atoms with Gasteiger partial charge in [-0.2, -0.15) is 0 Å². The van der Waals surface area contributed by atoms with Crippen LogP contribution < -0.4 is 5.32 Å². The van der Waals surface area contributed by atoms with Crippen molar-refractivity contribution in [1.29, 1.82) is 0 Å². The van der Waals surface area contributed by atoms with Crippen LogP contribution in [0.1, 0.15) is 40.0 Å². The maximum Gasteiger partial charge on any atom is 0.245 e. The maximum absolute atomic E-state index is 12.7. The Kier molecular flexibility index (Phi) is 4.91. The van der Waals surface area contributed by atoms with Crippen LogP contribution in [0.25, 0.3) is 0 Å². The molecule has 5 nitrogen and oxygen atoms in total. The van der Waals surface area contributed by atoms with Gasteiger partial charge >= 0.3 is 0 Å². The van der Waals surface area contributed by atoms with Crippen LogP contribution in [0.15, 0.2) is 0 Å². The minimum atomic E-state index is -0.366. The van der Waals surface area contributed by atoms with Crippen LogP contribution >= 0.6 is 0 Å². The first-order valence-electron chi connectivity index (χ1n) is 8.07. The highest BCUT2D eigenvalue weighted by Gasteiger charge is 2.37. The lowest BCUT2D eigenvalue weighted by atomic mass is 9.80. The molecule has 1 N–H and O–H groups in total. The predicted molar refractivity (Wildman–Crippen MR) is 82.8 cm³/mol. The van der Waals surface area contributed by atoms with Crippen LogP contribution in [-0.2, 0) is 9.59 Å². The van der Waals surface area contributed by atoms with Gasteiger partial charge in [0, 0.05) is 19.5 Å². The highest BCUT2D eigenvalue weighted by molar-refractivity contribution is 5.90. The second-order valence-corrected chi connectivity index (χ2v) is 7.41. The summed E-state index contributed by atoms with van der Waals surface area (Å²) in [5.74, 6) is 0.224. The molecule has 0 bridgehead atoms. The Bertz CT molecular complexity index is 400. The van der Waals surface area contributed by atoms with E-state index >= 15 is 0 Å². The Morgan fingerprint density at radius 3 is 2.43 bits per heavy atom. The number of amides is 2. The molecule has 120 valence electrons. The molecule has 1 unspecified atom stereocenters. The molecule has 21 heavy (non-hydrogen) atoms. The fourth-order valence-electron chi connectivity index (χ4n) is 3.24. The normalized spacial score (nSPS) is 27.7. The topological polar surface area (TPSA) is 52.7 Å². The van der Waals surface area contributed by atoms with Gasteiger partial charge in [0.25, 0.3) is 0 Å². The highest BCUT2D eigenvalue weighted by atomic mass is 16.2. The summed E-state index contributed by atoms with van der Waals surface area (Å²) in [7, 11) is 2.15. The summed E-state index contributed by atoms with van der Waals surface area (Å²) in [6, 6.07) is -0.366. The van der Waals surface area contributed by atoms with Gasteiger partial charge in [0.1, 0.15) is 6.04 Å². The Labute approximate surface area is 128 Å². The second kappa shape index (κ2) is 6.34. The predicted octanol–water partition coefficient (Wildman–Crippen LogP) is 1.09. The molecule has 2 fully saturated rings. The quantitative estimate of drug-likeness (QED) is 0.848. The minimum absolute atomic E-state index is 0.00178. The molecule has 2 aliphatic rings. The molecule has 2 amide bonds. The van der Waals surface area contributed by atoms with Crippen molar-refractivity contribution in [2.45, 2.75) is 46.1 Å². The molecule has 0 aromatic heterocycles. The van der Waals surface area contributed by atoms with Gasteiger partial charge in [-0.1, -0.05) is 20.8 Å². The van der Waals surface area contributed by atoms with E-state index in [1.165, 1.54) is 0 Å². The van der Waals surface area contributed by atoms with Gasteiger partial charge in [0.15, 0.2) is 0 Å². The molecule has 1 atom stereocenters. The van der Waals surface area contributed by atoms with E-state index in [0.29, 0.717) is 13.0 Å². The van der Waals surface area contributed by atoms with E-state index in [9.17, 15) is 9.59 Å². The van der Waals surface area contributed by atoms with Gasteiger partial charge in [-0.05, 0) is 44.3 Å². The summed E-state index contributed by atoms with van der Waals surface area (Å²) < 4.78 is 0. The van der Waals surface area contributed by atoms with E-state index in [0.717, 1.165) is 32.5 Å². The zero-order chi connectivity index (χ0) is 15.6. The molecule has 2 heterocycles. The number of nitrogens with zero attached hydrogens (tertiary/aromatic N) is 2. The highest BCUT2D eigenvalue weighted by Crippen LogP contribution is 2.32. The Hall–Kier alpha value is -1.10. The van der Waals surface area contributed by atoms with Crippen molar-refractivity contribution in [3.8, 4) is 0 Å². The van der Waals surface area contributed by atoms with Gasteiger partial charge in [-0.15, -0.1) is 0 Å². The van der Waals surface area contributed by atoms with Crippen LogP contribution in [0.2, 0.25) is 0 Å². The number of rotatable bonds is 3. The lowest BCUT2D eigenvalue weighted by molar-refractivity contribution is -0.136. The van der Waals surface area contributed by atoms with Crippen molar-refractivity contribution in [3.05, 3.63) is 0 Å². The number of nitrogens with one attached hydrogen (secondary N) is 1. The number of hydrogen-bond acceptors (Lipinski definition) is 3. The minimum Gasteiger partial charge on any atom is -0.344 e. The SMILES string of the molecule is CC(C)C1NC(=O)CCN(CC2(C)CCN(C)CC2)C1=O. The first-order valence-corrected chi connectivity index (χ1v) is 8.07. The van der Waals surface area contributed by atoms with Crippen LogP contribution in [0, 0.1) is 11.3 Å². The van der Waals surface area contributed by atoms with Crippen LogP contribution in [0.5, 0.6) is 0 Å². The number of likely N-dealkylation sites (tertiary alicyclic amines) is 1. The fraction of sp³-hybridized carbons (Fsp3) is 0.875. The number of carbonyl (C=O) groups is 2. The smallest absolute Gasteiger partial charge is 0.245 e. The van der Waals surface area contributed by atoms with Crippen LogP contribution in [0.4, 0.5) is 0 Å². The molecular formula is C16H29N3O2. The van der Waals surface area contributed by atoms with E-state index < -0.39 is 0 Å². The Morgan fingerprint density at radius 1 is 1.24 bits per heavy atom. The molecule has 0 spiro atoms. The van der Waals surface area contributed by atoms with Crippen molar-refractivity contribution in [3.63, 3.8) is 0 Å². The van der Waals surface area contributed by atoms with E-state index in [-0.39, 0.29) is 29.2 Å². The number of carbonyl (C=O) groups excluding carboxylic acids is 2. The molecule has 0 aliphatic carbocycles. The molecule has 0 saturated carbocycles. The number of piperidine rings is 1. The largest absolute Gasteiger partial charge is 0.344 e. The Balaban J connectivity index is 2.07. The first kappa shape index (κ1) is 16.3. The average molecular weight is 295 g/mol. The third-order valence-corrected chi connectivity index (χ3v) is 4.94. The molecular weight excluding hydrogens is 266 g/mol. The molecule has 0 radical (unpaired) electrons. The van der Waals surface area contributed by atoms with Crippen molar-refractivity contribution < 1.29 is 9.59 Å². The van der Waals surface area contributed by atoms with Crippen LogP contribution in [0.3, 0.4) is 0 Å². The molecule has 0 aromatic carbocycles. The summed E-state index contributed by atoms with van der Waals surface area (Å²) in [4.78, 5) is 28.8. The molecule has 5 heteroatoms. The lowest BCUT2D eigenvalue weighted by Gasteiger charge is -2.41. The monoisotopic (exact) mass is 295 g/mol. The van der Waals surface area contributed by atoms with Crippen molar-refractivity contribution in [2.24, 2.45) is 11.3 Å². The van der Waals surface area contributed by atoms with Gasteiger partial charge < -0.3 is 15.1 Å². The van der Waals surface area contributed by atoms with E-state index in [1.807, 2.05) is 18.7 Å².